The van der Waals surface area contributed by atoms with E-state index in [1.807, 2.05) is 0 Å². The minimum atomic E-state index is -4.64. The molecule has 1 aromatic carbocycles. The summed E-state index contributed by atoms with van der Waals surface area (Å²) in [6.45, 7) is 1.52. The van der Waals surface area contributed by atoms with Crippen molar-refractivity contribution in [1.82, 2.24) is 15.1 Å². The first kappa shape index (κ1) is 46.9. The van der Waals surface area contributed by atoms with Gasteiger partial charge in [-0.3, -0.25) is 14.5 Å². The van der Waals surface area contributed by atoms with Gasteiger partial charge in [0, 0.05) is 11.3 Å². The van der Waals surface area contributed by atoms with Gasteiger partial charge in [-0.1, -0.05) is 121 Å². The Hall–Kier alpha value is -3.77. The molecule has 0 radical (unpaired) electrons. The van der Waals surface area contributed by atoms with Crippen molar-refractivity contribution in [3.8, 4) is 17.5 Å². The molecule has 4 atom stereocenters. The summed E-state index contributed by atoms with van der Waals surface area (Å²) < 4.78 is 55.4. The number of ether oxygens (including phenoxy) is 2. The van der Waals surface area contributed by atoms with Crippen molar-refractivity contribution in [3.05, 3.63) is 59.5 Å². The van der Waals surface area contributed by atoms with E-state index in [0.717, 1.165) is 32.0 Å². The molecule has 1 saturated heterocycles. The van der Waals surface area contributed by atoms with Crippen LogP contribution in [0.2, 0.25) is 0 Å². The van der Waals surface area contributed by atoms with Crippen molar-refractivity contribution in [3.63, 3.8) is 0 Å². The third-order valence-electron chi connectivity index (χ3n) is 10.5. The van der Waals surface area contributed by atoms with Crippen LogP contribution in [0.1, 0.15) is 158 Å². The molecular weight excluding hydrogens is 764 g/mol. The van der Waals surface area contributed by atoms with Gasteiger partial charge in [0.1, 0.15) is 30.7 Å². The Morgan fingerprint density at radius 2 is 1.72 bits per heavy atom. The number of H-pyrrole nitrogens is 1. The van der Waals surface area contributed by atoms with Crippen LogP contribution in [-0.4, -0.2) is 57.1 Å². The van der Waals surface area contributed by atoms with E-state index in [9.17, 15) is 19.1 Å². The number of nitriles is 1. The average Bonchev–Trinajstić information content (AvgIpc) is 4.02. The Labute approximate surface area is 342 Å². The third kappa shape index (κ3) is 16.8. The number of nitrogens with two attached hydrogens (primary N) is 1. The molecule has 0 aliphatic carbocycles. The predicted octanol–water partition coefficient (Wildman–Crippen LogP) is 10.4. The van der Waals surface area contributed by atoms with Crippen LogP contribution < -0.4 is 5.73 Å². The second kappa shape index (κ2) is 25.7. The van der Waals surface area contributed by atoms with Crippen molar-refractivity contribution < 1.29 is 36.9 Å². The van der Waals surface area contributed by atoms with Crippen molar-refractivity contribution in [2.24, 2.45) is 10.7 Å². The highest BCUT2D eigenvalue weighted by molar-refractivity contribution is 7.47. The maximum absolute atomic E-state index is 14.5. The van der Waals surface area contributed by atoms with Crippen molar-refractivity contribution in [2.75, 3.05) is 13.2 Å². The molecule has 0 saturated carbocycles. The van der Waals surface area contributed by atoms with E-state index in [4.69, 9.17) is 34.2 Å². The standard InChI is InChI=1S/C42H63FN7O7P/c1-2-3-4-5-6-7-8-9-10-11-12-13-14-15-16-17-18-19-36(53-27-33-24-34(26-35(43)25-33)41-48-32-54-50-41)28-55-58(51,52)56-30-42(29-44)23-22-39(57-42)37-20-21-38(49-37)40(46)47-31-45/h20-21,24-26,31-32,36,39,49H,2-19,22-23,27-28,30H2,1H3,(H,51,52)(H3,45,46,47)/t36-,39-,42-/m1/s1. The van der Waals surface area contributed by atoms with Crippen LogP contribution in [0.3, 0.4) is 0 Å². The topological polar surface area (TPSA) is 215 Å². The van der Waals surface area contributed by atoms with Crippen molar-refractivity contribution in [2.45, 2.75) is 160 Å². The van der Waals surface area contributed by atoms with Gasteiger partial charge in [0.15, 0.2) is 5.60 Å². The number of benzene rings is 1. The van der Waals surface area contributed by atoms with E-state index in [1.165, 1.54) is 102 Å². The molecule has 1 aliphatic heterocycles. The lowest BCUT2D eigenvalue weighted by molar-refractivity contribution is -0.0444. The molecule has 3 heterocycles. The number of aliphatic imine (C=N–C) groups is 1. The first-order chi connectivity index (χ1) is 28.2. The fourth-order valence-electron chi connectivity index (χ4n) is 7.17. The Kier molecular flexibility index (Phi) is 20.8. The van der Waals surface area contributed by atoms with Gasteiger partial charge in [0.25, 0.3) is 0 Å². The normalized spacial score (nSPS) is 18.6. The number of aromatic nitrogens is 3. The van der Waals surface area contributed by atoms with Crippen molar-refractivity contribution >= 4 is 20.0 Å². The largest absolute Gasteiger partial charge is 0.472 e. The van der Waals surface area contributed by atoms with E-state index in [0.29, 0.717) is 35.4 Å². The van der Waals surface area contributed by atoms with Crippen LogP contribution in [0.15, 0.2) is 46.2 Å². The molecule has 16 heteroatoms. The molecule has 1 aliphatic rings. The van der Waals surface area contributed by atoms with Crippen LogP contribution >= 0.6 is 7.82 Å². The number of hydrogen-bond acceptors (Lipinski definition) is 10. The van der Waals surface area contributed by atoms with E-state index in [2.05, 4.69) is 33.1 Å². The zero-order chi connectivity index (χ0) is 41.5. The van der Waals surface area contributed by atoms with Gasteiger partial charge in [0.05, 0.1) is 31.1 Å². The minimum absolute atomic E-state index is 0.0122. The molecule has 5 N–H and O–H groups in total. The summed E-state index contributed by atoms with van der Waals surface area (Å²) in [5.41, 5.74) is 6.48. The van der Waals surface area contributed by atoms with E-state index < -0.39 is 38.1 Å². The van der Waals surface area contributed by atoms with Crippen LogP contribution in [0.25, 0.3) is 11.4 Å². The van der Waals surface area contributed by atoms with Crippen LogP contribution in [0.5, 0.6) is 0 Å². The molecule has 14 nitrogen and oxygen atoms in total. The lowest BCUT2D eigenvalue weighted by Gasteiger charge is -2.24. The molecular formula is C42H63FN7O7P. The first-order valence-corrected chi connectivity index (χ1v) is 22.6. The summed E-state index contributed by atoms with van der Waals surface area (Å²) in [5, 5.41) is 20.9. The third-order valence-corrected chi connectivity index (χ3v) is 11.4. The molecule has 0 spiro atoms. The fraction of sp³-hybridized carbons (Fsp3) is 0.643. The summed E-state index contributed by atoms with van der Waals surface area (Å²) in [6.07, 6.45) is 23.5. The summed E-state index contributed by atoms with van der Waals surface area (Å²) >= 11 is 0. The number of nitrogens with one attached hydrogen (secondary N) is 2. The molecule has 58 heavy (non-hydrogen) atoms. The SMILES string of the molecule is CCCCCCCCCCCCCCCCCCC[C@H](COP(=O)(O)OC[C@]1(C#N)CC[C@H](c2ccc(C(N)=NC=N)[nH]2)O1)OCc1cc(F)cc(-c2ncon2)c1. The quantitative estimate of drug-likeness (QED) is 0.0207. The van der Waals surface area contributed by atoms with Gasteiger partial charge in [-0.2, -0.15) is 10.2 Å². The zero-order valence-corrected chi connectivity index (χ0v) is 34.9. The molecule has 0 amide bonds. The van der Waals surface area contributed by atoms with Gasteiger partial charge >= 0.3 is 7.82 Å². The molecule has 1 fully saturated rings. The van der Waals surface area contributed by atoms with Gasteiger partial charge in [-0.05, 0) is 55.2 Å². The summed E-state index contributed by atoms with van der Waals surface area (Å²) in [5.74, 6) is -0.120. The van der Waals surface area contributed by atoms with Crippen LogP contribution in [0.4, 0.5) is 4.39 Å². The summed E-state index contributed by atoms with van der Waals surface area (Å²) in [4.78, 5) is 21.5. The highest BCUT2D eigenvalue weighted by Crippen LogP contribution is 2.47. The number of rotatable bonds is 31. The molecule has 3 aromatic rings. The number of amidine groups is 1. The van der Waals surface area contributed by atoms with E-state index in [1.54, 1.807) is 18.2 Å². The lowest BCUT2D eigenvalue weighted by atomic mass is 10.0. The van der Waals surface area contributed by atoms with Crippen LogP contribution in [0, 0.1) is 22.6 Å². The van der Waals surface area contributed by atoms with Crippen LogP contribution in [-0.2, 0) is 29.7 Å². The Morgan fingerprint density at radius 1 is 1.07 bits per heavy atom. The van der Waals surface area contributed by atoms with E-state index in [-0.39, 0.29) is 31.3 Å². The summed E-state index contributed by atoms with van der Waals surface area (Å²) in [6, 6.07) is 9.89. The van der Waals surface area contributed by atoms with E-state index >= 15 is 0 Å². The first-order valence-electron chi connectivity index (χ1n) is 21.1. The minimum Gasteiger partial charge on any atom is -0.382 e. The predicted molar refractivity (Wildman–Crippen MR) is 220 cm³/mol. The van der Waals surface area contributed by atoms with Gasteiger partial charge in [0.2, 0.25) is 12.2 Å². The zero-order valence-electron chi connectivity index (χ0n) is 34.0. The smallest absolute Gasteiger partial charge is 0.382 e. The molecule has 4 rings (SSSR count). The number of phosphoric ester groups is 1. The van der Waals surface area contributed by atoms with Gasteiger partial charge < -0.3 is 29.6 Å². The second-order valence-corrected chi connectivity index (χ2v) is 16.7. The number of hydrogen-bond donors (Lipinski definition) is 4. The maximum Gasteiger partial charge on any atom is 0.472 e. The molecule has 0 bridgehead atoms. The highest BCUT2D eigenvalue weighted by atomic mass is 31.2. The second-order valence-electron chi connectivity index (χ2n) is 15.2. The highest BCUT2D eigenvalue weighted by Gasteiger charge is 2.44. The monoisotopic (exact) mass is 827 g/mol. The fourth-order valence-corrected chi connectivity index (χ4v) is 7.97. The maximum atomic E-state index is 14.5. The molecule has 2 aromatic heterocycles. The van der Waals surface area contributed by atoms with Gasteiger partial charge in [-0.25, -0.2) is 13.9 Å². The number of phosphoric acid groups is 1. The number of halogens is 1. The molecule has 1 unspecified atom stereocenters. The Balaban J connectivity index is 1.21. The Bertz CT molecular complexity index is 1750. The lowest BCUT2D eigenvalue weighted by Crippen LogP contribution is -2.32. The Morgan fingerprint density at radius 3 is 2.33 bits per heavy atom. The number of nitrogens with zero attached hydrogens (tertiary/aromatic N) is 4. The number of aromatic amines is 1. The average molecular weight is 828 g/mol. The van der Waals surface area contributed by atoms with Crippen molar-refractivity contribution in [1.29, 1.82) is 10.7 Å². The molecule has 320 valence electrons. The van der Waals surface area contributed by atoms with Gasteiger partial charge in [-0.15, -0.1) is 0 Å². The summed E-state index contributed by atoms with van der Waals surface area (Å²) in [7, 11) is -4.64. The number of unbranched alkanes of at least 4 members (excludes halogenated alkanes) is 16.